The minimum Gasteiger partial charge on any atom is -0.494 e. The first-order valence-corrected chi connectivity index (χ1v) is 8.38. The predicted octanol–water partition coefficient (Wildman–Crippen LogP) is 4.88. The quantitative estimate of drug-likeness (QED) is 0.480. The Labute approximate surface area is 134 Å². The SMILES string of the molecule is C=CCCC[C@H]1COCO[C@@H]1c1ccc(OCCCC)cc1. The molecule has 3 nitrogen and oxygen atoms in total. The van der Waals surface area contributed by atoms with Gasteiger partial charge in [-0.2, -0.15) is 0 Å². The van der Waals surface area contributed by atoms with Crippen LogP contribution in [0.4, 0.5) is 0 Å². The van der Waals surface area contributed by atoms with Crippen LogP contribution in [0.5, 0.6) is 5.75 Å². The molecule has 0 radical (unpaired) electrons. The van der Waals surface area contributed by atoms with Gasteiger partial charge in [-0.15, -0.1) is 6.58 Å². The molecule has 0 amide bonds. The Bertz CT molecular complexity index is 427. The molecule has 0 N–H and O–H groups in total. The van der Waals surface area contributed by atoms with E-state index in [1.165, 1.54) is 5.56 Å². The first-order chi connectivity index (χ1) is 10.8. The van der Waals surface area contributed by atoms with Gasteiger partial charge in [-0.05, 0) is 43.4 Å². The molecular formula is C19H28O3. The van der Waals surface area contributed by atoms with Crippen LogP contribution in [0.2, 0.25) is 0 Å². The van der Waals surface area contributed by atoms with Crippen molar-refractivity contribution in [2.45, 2.75) is 45.1 Å². The molecule has 1 fully saturated rings. The molecule has 0 unspecified atom stereocenters. The van der Waals surface area contributed by atoms with Crippen LogP contribution in [0.15, 0.2) is 36.9 Å². The van der Waals surface area contributed by atoms with Gasteiger partial charge >= 0.3 is 0 Å². The van der Waals surface area contributed by atoms with Gasteiger partial charge in [-0.1, -0.05) is 31.6 Å². The number of ether oxygens (including phenoxy) is 3. The van der Waals surface area contributed by atoms with Gasteiger partial charge in [0.25, 0.3) is 0 Å². The molecule has 0 spiro atoms. The van der Waals surface area contributed by atoms with Crippen molar-refractivity contribution in [2.24, 2.45) is 5.92 Å². The Morgan fingerprint density at radius 3 is 2.82 bits per heavy atom. The normalized spacial score (nSPS) is 21.5. The molecule has 122 valence electrons. The second kappa shape index (κ2) is 9.65. The third kappa shape index (κ3) is 5.15. The van der Waals surface area contributed by atoms with Gasteiger partial charge in [0.1, 0.15) is 12.5 Å². The Hall–Kier alpha value is -1.32. The largest absolute Gasteiger partial charge is 0.494 e. The predicted molar refractivity (Wildman–Crippen MR) is 89.0 cm³/mol. The zero-order valence-corrected chi connectivity index (χ0v) is 13.6. The molecule has 22 heavy (non-hydrogen) atoms. The molecule has 2 rings (SSSR count). The lowest BCUT2D eigenvalue weighted by Gasteiger charge is -2.32. The Morgan fingerprint density at radius 2 is 2.09 bits per heavy atom. The van der Waals surface area contributed by atoms with Crippen molar-refractivity contribution in [1.82, 2.24) is 0 Å². The number of rotatable bonds is 9. The standard InChI is InChI=1S/C19H28O3/c1-3-5-7-8-17-14-20-15-22-19(17)16-9-11-18(12-10-16)21-13-6-4-2/h3,9-12,17,19H,1,4-8,13-15H2,2H3/t17-,19+/m0/s1. The van der Waals surface area contributed by atoms with E-state index in [0.29, 0.717) is 12.7 Å². The molecule has 0 aliphatic carbocycles. The summed E-state index contributed by atoms with van der Waals surface area (Å²) in [5, 5.41) is 0. The number of benzene rings is 1. The molecule has 2 atom stereocenters. The fourth-order valence-electron chi connectivity index (χ4n) is 2.76. The maximum atomic E-state index is 5.86. The molecule has 3 heteroatoms. The molecular weight excluding hydrogens is 276 g/mol. The molecule has 1 aliphatic rings. The van der Waals surface area contributed by atoms with E-state index in [1.807, 2.05) is 18.2 Å². The fourth-order valence-corrected chi connectivity index (χ4v) is 2.76. The van der Waals surface area contributed by atoms with E-state index in [4.69, 9.17) is 14.2 Å². The highest BCUT2D eigenvalue weighted by atomic mass is 16.7. The summed E-state index contributed by atoms with van der Waals surface area (Å²) in [5.74, 6) is 1.35. The maximum Gasteiger partial charge on any atom is 0.147 e. The monoisotopic (exact) mass is 304 g/mol. The van der Waals surface area contributed by atoms with Gasteiger partial charge in [-0.3, -0.25) is 0 Å². The van der Waals surface area contributed by atoms with Crippen molar-refractivity contribution >= 4 is 0 Å². The number of hydrogen-bond donors (Lipinski definition) is 0. The van der Waals surface area contributed by atoms with Gasteiger partial charge in [0, 0.05) is 5.92 Å². The molecule has 0 aromatic heterocycles. The van der Waals surface area contributed by atoms with Crippen molar-refractivity contribution < 1.29 is 14.2 Å². The first kappa shape index (κ1) is 17.0. The summed E-state index contributed by atoms with van der Waals surface area (Å²) in [6, 6.07) is 8.34. The minimum absolute atomic E-state index is 0.128. The van der Waals surface area contributed by atoms with Crippen molar-refractivity contribution in [3.63, 3.8) is 0 Å². The van der Waals surface area contributed by atoms with Crippen LogP contribution in [-0.2, 0) is 9.47 Å². The molecule has 1 saturated heterocycles. The lowest BCUT2D eigenvalue weighted by Crippen LogP contribution is -2.28. The van der Waals surface area contributed by atoms with Crippen LogP contribution in [0, 0.1) is 5.92 Å². The van der Waals surface area contributed by atoms with E-state index in [0.717, 1.165) is 51.1 Å². The Kier molecular flexibility index (Phi) is 7.47. The van der Waals surface area contributed by atoms with Crippen molar-refractivity contribution in [3.05, 3.63) is 42.5 Å². The molecule has 0 saturated carbocycles. The summed E-state index contributed by atoms with van der Waals surface area (Å²) in [5.41, 5.74) is 1.22. The summed E-state index contributed by atoms with van der Waals surface area (Å²) < 4.78 is 17.1. The summed E-state index contributed by atoms with van der Waals surface area (Å²) in [7, 11) is 0. The highest BCUT2D eigenvalue weighted by Crippen LogP contribution is 2.33. The molecule has 0 bridgehead atoms. The Balaban J connectivity index is 1.93. The molecule has 1 heterocycles. The molecule has 1 aromatic carbocycles. The molecule has 1 aliphatic heterocycles. The van der Waals surface area contributed by atoms with Crippen LogP contribution in [0.3, 0.4) is 0 Å². The van der Waals surface area contributed by atoms with Crippen LogP contribution in [0.25, 0.3) is 0 Å². The third-order valence-electron chi connectivity index (χ3n) is 4.05. The highest BCUT2D eigenvalue weighted by molar-refractivity contribution is 5.29. The number of allylic oxidation sites excluding steroid dienone is 1. The lowest BCUT2D eigenvalue weighted by molar-refractivity contribution is -0.174. The van der Waals surface area contributed by atoms with Gasteiger partial charge in [0.15, 0.2) is 0 Å². The van der Waals surface area contributed by atoms with E-state index in [1.54, 1.807) is 0 Å². The van der Waals surface area contributed by atoms with Gasteiger partial charge in [0.05, 0.1) is 19.3 Å². The van der Waals surface area contributed by atoms with Crippen LogP contribution >= 0.6 is 0 Å². The van der Waals surface area contributed by atoms with Crippen molar-refractivity contribution in [2.75, 3.05) is 20.0 Å². The average Bonchev–Trinajstić information content (AvgIpc) is 2.57. The maximum absolute atomic E-state index is 5.86. The average molecular weight is 304 g/mol. The first-order valence-electron chi connectivity index (χ1n) is 8.38. The highest BCUT2D eigenvalue weighted by Gasteiger charge is 2.27. The van der Waals surface area contributed by atoms with Crippen LogP contribution < -0.4 is 4.74 Å². The minimum atomic E-state index is 0.128. The van der Waals surface area contributed by atoms with Gasteiger partial charge in [0.2, 0.25) is 0 Å². The Morgan fingerprint density at radius 1 is 1.27 bits per heavy atom. The van der Waals surface area contributed by atoms with Crippen molar-refractivity contribution in [3.8, 4) is 5.75 Å². The topological polar surface area (TPSA) is 27.7 Å². The van der Waals surface area contributed by atoms with E-state index < -0.39 is 0 Å². The zero-order chi connectivity index (χ0) is 15.6. The smallest absolute Gasteiger partial charge is 0.147 e. The van der Waals surface area contributed by atoms with E-state index >= 15 is 0 Å². The van der Waals surface area contributed by atoms with Crippen LogP contribution in [0.1, 0.15) is 50.7 Å². The van der Waals surface area contributed by atoms with Crippen molar-refractivity contribution in [1.29, 1.82) is 0 Å². The number of hydrogen-bond acceptors (Lipinski definition) is 3. The van der Waals surface area contributed by atoms with E-state index in [9.17, 15) is 0 Å². The zero-order valence-electron chi connectivity index (χ0n) is 13.6. The lowest BCUT2D eigenvalue weighted by atomic mass is 9.91. The summed E-state index contributed by atoms with van der Waals surface area (Å²) >= 11 is 0. The van der Waals surface area contributed by atoms with Crippen LogP contribution in [-0.4, -0.2) is 20.0 Å². The van der Waals surface area contributed by atoms with E-state index in [-0.39, 0.29) is 6.10 Å². The van der Waals surface area contributed by atoms with Gasteiger partial charge in [-0.25, -0.2) is 0 Å². The summed E-state index contributed by atoms with van der Waals surface area (Å²) in [4.78, 5) is 0. The summed E-state index contributed by atoms with van der Waals surface area (Å²) in [6.45, 7) is 7.90. The molecule has 1 aromatic rings. The van der Waals surface area contributed by atoms with E-state index in [2.05, 4.69) is 25.6 Å². The summed E-state index contributed by atoms with van der Waals surface area (Å²) in [6.07, 6.45) is 7.63. The second-order valence-electron chi connectivity index (χ2n) is 5.83. The number of unbranched alkanes of at least 4 members (excludes halogenated alkanes) is 2. The van der Waals surface area contributed by atoms with Gasteiger partial charge < -0.3 is 14.2 Å². The third-order valence-corrected chi connectivity index (χ3v) is 4.05. The fraction of sp³-hybridized carbons (Fsp3) is 0.579. The second-order valence-corrected chi connectivity index (χ2v) is 5.83.